The molecule has 4 heteroatoms. The van der Waals surface area contributed by atoms with Gasteiger partial charge >= 0.3 is 0 Å². The minimum atomic E-state index is -1.86. The van der Waals surface area contributed by atoms with Crippen molar-refractivity contribution in [3.63, 3.8) is 0 Å². The SMILES string of the molecule is CCCCC(N(C)C)C(N)(O)C(=O)c1ccccc1. The average molecular weight is 264 g/mol. The van der Waals surface area contributed by atoms with Crippen molar-refractivity contribution in [3.05, 3.63) is 35.9 Å². The number of hydrogen-bond acceptors (Lipinski definition) is 4. The Morgan fingerprint density at radius 3 is 2.42 bits per heavy atom. The van der Waals surface area contributed by atoms with Gasteiger partial charge in [-0.25, -0.2) is 0 Å². The number of benzene rings is 1. The molecule has 1 rings (SSSR count). The number of carbonyl (C=O) groups is 1. The highest BCUT2D eigenvalue weighted by Gasteiger charge is 2.41. The van der Waals surface area contributed by atoms with E-state index in [4.69, 9.17) is 5.73 Å². The first kappa shape index (κ1) is 15.8. The fourth-order valence-electron chi connectivity index (χ4n) is 2.24. The molecule has 0 fully saturated rings. The maximum atomic E-state index is 12.4. The minimum absolute atomic E-state index is 0.389. The van der Waals surface area contributed by atoms with E-state index in [9.17, 15) is 9.90 Å². The number of ketones is 1. The predicted octanol–water partition coefficient (Wildman–Crippen LogP) is 1.64. The Bertz CT molecular complexity index is 402. The smallest absolute Gasteiger partial charge is 0.210 e. The van der Waals surface area contributed by atoms with Crippen molar-refractivity contribution in [2.45, 2.75) is 38.0 Å². The molecule has 2 unspecified atom stereocenters. The van der Waals surface area contributed by atoms with E-state index in [1.54, 1.807) is 24.3 Å². The minimum Gasteiger partial charge on any atom is -0.368 e. The van der Waals surface area contributed by atoms with Crippen molar-refractivity contribution >= 4 is 5.78 Å². The zero-order valence-electron chi connectivity index (χ0n) is 12.0. The summed E-state index contributed by atoms with van der Waals surface area (Å²) in [5.41, 5.74) is 4.52. The number of carbonyl (C=O) groups excluding carboxylic acids is 1. The number of nitrogens with two attached hydrogens (primary N) is 1. The Labute approximate surface area is 115 Å². The molecule has 2 atom stereocenters. The first-order valence-corrected chi connectivity index (χ1v) is 6.68. The summed E-state index contributed by atoms with van der Waals surface area (Å²) < 4.78 is 0. The predicted molar refractivity (Wildman–Crippen MR) is 76.9 cm³/mol. The van der Waals surface area contributed by atoms with Gasteiger partial charge < -0.3 is 10.0 Å². The Hall–Kier alpha value is -1.23. The van der Waals surface area contributed by atoms with Crippen LogP contribution in [0.4, 0.5) is 0 Å². The normalized spacial score (nSPS) is 16.1. The molecule has 0 radical (unpaired) electrons. The average Bonchev–Trinajstić information content (AvgIpc) is 2.38. The third kappa shape index (κ3) is 3.86. The Kier molecular flexibility index (Phi) is 5.66. The van der Waals surface area contributed by atoms with Gasteiger partial charge in [-0.2, -0.15) is 0 Å². The summed E-state index contributed by atoms with van der Waals surface area (Å²) in [6, 6.07) is 8.31. The van der Waals surface area contributed by atoms with Crippen molar-refractivity contribution in [1.82, 2.24) is 4.90 Å². The van der Waals surface area contributed by atoms with Crippen LogP contribution in [-0.4, -0.2) is 41.7 Å². The second-order valence-corrected chi connectivity index (χ2v) is 5.14. The molecule has 1 aromatic carbocycles. The first-order chi connectivity index (χ1) is 8.91. The Morgan fingerprint density at radius 2 is 1.95 bits per heavy atom. The topological polar surface area (TPSA) is 66.6 Å². The molecular formula is C15H24N2O2. The van der Waals surface area contributed by atoms with Gasteiger partial charge in [-0.3, -0.25) is 10.5 Å². The highest BCUT2D eigenvalue weighted by Crippen LogP contribution is 2.20. The van der Waals surface area contributed by atoms with Gasteiger partial charge in [0.1, 0.15) is 0 Å². The molecule has 3 N–H and O–H groups in total. The molecule has 0 amide bonds. The quantitative estimate of drug-likeness (QED) is 0.580. The standard InChI is InChI=1S/C15H24N2O2/c1-4-5-11-13(17(2)3)15(16,19)14(18)12-9-7-6-8-10-12/h6-10,13,19H,4-5,11,16H2,1-3H3. The molecule has 0 saturated carbocycles. The van der Waals surface area contributed by atoms with E-state index in [2.05, 4.69) is 6.92 Å². The van der Waals surface area contributed by atoms with Crippen LogP contribution < -0.4 is 5.73 Å². The molecule has 106 valence electrons. The molecular weight excluding hydrogens is 240 g/mol. The zero-order valence-corrected chi connectivity index (χ0v) is 12.0. The van der Waals surface area contributed by atoms with Crippen LogP contribution in [0.2, 0.25) is 0 Å². The van der Waals surface area contributed by atoms with Crippen molar-refractivity contribution in [3.8, 4) is 0 Å². The number of nitrogens with zero attached hydrogens (tertiary/aromatic N) is 1. The van der Waals surface area contributed by atoms with E-state index >= 15 is 0 Å². The van der Waals surface area contributed by atoms with Crippen LogP contribution in [0.1, 0.15) is 36.5 Å². The summed E-state index contributed by atoms with van der Waals surface area (Å²) in [5, 5.41) is 10.5. The molecule has 0 aromatic heterocycles. The number of hydrogen-bond donors (Lipinski definition) is 2. The van der Waals surface area contributed by atoms with E-state index in [0.29, 0.717) is 12.0 Å². The van der Waals surface area contributed by atoms with Gasteiger partial charge in [0.25, 0.3) is 0 Å². The van der Waals surface area contributed by atoms with E-state index in [1.165, 1.54) is 0 Å². The van der Waals surface area contributed by atoms with Gasteiger partial charge in [0, 0.05) is 5.56 Å². The number of rotatable bonds is 7. The summed E-state index contributed by atoms with van der Waals surface area (Å²) in [6.45, 7) is 2.07. The molecule has 4 nitrogen and oxygen atoms in total. The van der Waals surface area contributed by atoms with Crippen molar-refractivity contribution < 1.29 is 9.90 Å². The van der Waals surface area contributed by atoms with Gasteiger partial charge in [-0.1, -0.05) is 50.1 Å². The summed E-state index contributed by atoms with van der Waals surface area (Å²) >= 11 is 0. The third-order valence-corrected chi connectivity index (χ3v) is 3.36. The van der Waals surface area contributed by atoms with Gasteiger partial charge in [0.15, 0.2) is 5.72 Å². The summed E-state index contributed by atoms with van der Waals surface area (Å²) in [6.07, 6.45) is 2.61. The lowest BCUT2D eigenvalue weighted by Gasteiger charge is -2.36. The maximum absolute atomic E-state index is 12.4. The number of aliphatic hydroxyl groups is 1. The molecule has 0 aliphatic rings. The zero-order chi connectivity index (χ0) is 14.5. The largest absolute Gasteiger partial charge is 0.368 e. The Morgan fingerprint density at radius 1 is 1.37 bits per heavy atom. The van der Waals surface area contributed by atoms with Crippen LogP contribution in [0.3, 0.4) is 0 Å². The molecule has 0 bridgehead atoms. The van der Waals surface area contributed by atoms with E-state index in [0.717, 1.165) is 12.8 Å². The highest BCUT2D eigenvalue weighted by molar-refractivity contribution is 6.02. The molecule has 0 aliphatic carbocycles. The number of unbranched alkanes of at least 4 members (excludes halogenated alkanes) is 1. The highest BCUT2D eigenvalue weighted by atomic mass is 16.3. The molecule has 0 heterocycles. The van der Waals surface area contributed by atoms with Crippen LogP contribution >= 0.6 is 0 Å². The van der Waals surface area contributed by atoms with E-state index < -0.39 is 11.5 Å². The van der Waals surface area contributed by atoms with Crippen LogP contribution in [0.5, 0.6) is 0 Å². The Balaban J connectivity index is 2.95. The molecule has 0 aliphatic heterocycles. The summed E-state index contributed by atoms with van der Waals surface area (Å²) in [5.74, 6) is -0.428. The number of Topliss-reactive ketones (excluding diaryl/α,β-unsaturated/α-hetero) is 1. The van der Waals surface area contributed by atoms with E-state index in [-0.39, 0.29) is 6.04 Å². The molecule has 1 aromatic rings. The molecule has 19 heavy (non-hydrogen) atoms. The van der Waals surface area contributed by atoms with Gasteiger partial charge in [0.05, 0.1) is 6.04 Å². The van der Waals surface area contributed by atoms with Crippen molar-refractivity contribution in [1.29, 1.82) is 0 Å². The lowest BCUT2D eigenvalue weighted by atomic mass is 9.90. The maximum Gasteiger partial charge on any atom is 0.210 e. The van der Waals surface area contributed by atoms with Crippen LogP contribution in [0, 0.1) is 0 Å². The molecule has 0 saturated heterocycles. The van der Waals surface area contributed by atoms with Gasteiger partial charge in [0.2, 0.25) is 5.78 Å². The van der Waals surface area contributed by atoms with Gasteiger partial charge in [-0.05, 0) is 20.5 Å². The molecule has 0 spiro atoms. The van der Waals surface area contributed by atoms with Crippen LogP contribution in [0.15, 0.2) is 30.3 Å². The second kappa shape index (κ2) is 6.80. The van der Waals surface area contributed by atoms with Crippen molar-refractivity contribution in [2.24, 2.45) is 5.73 Å². The van der Waals surface area contributed by atoms with Gasteiger partial charge in [-0.15, -0.1) is 0 Å². The summed E-state index contributed by atoms with van der Waals surface area (Å²) in [7, 11) is 3.66. The second-order valence-electron chi connectivity index (χ2n) is 5.14. The van der Waals surface area contributed by atoms with Crippen molar-refractivity contribution in [2.75, 3.05) is 14.1 Å². The fraction of sp³-hybridized carbons (Fsp3) is 0.533. The first-order valence-electron chi connectivity index (χ1n) is 6.68. The summed E-state index contributed by atoms with van der Waals surface area (Å²) in [4.78, 5) is 14.2. The third-order valence-electron chi connectivity index (χ3n) is 3.36. The monoisotopic (exact) mass is 264 g/mol. The lowest BCUT2D eigenvalue weighted by Crippen LogP contribution is -2.61. The lowest BCUT2D eigenvalue weighted by molar-refractivity contribution is -0.0148. The number of likely N-dealkylation sites (N-methyl/N-ethyl adjacent to an activating group) is 1. The fourth-order valence-corrected chi connectivity index (χ4v) is 2.24. The van der Waals surface area contributed by atoms with E-state index in [1.807, 2.05) is 25.1 Å². The van der Waals surface area contributed by atoms with Crippen LogP contribution in [-0.2, 0) is 0 Å². The van der Waals surface area contributed by atoms with Crippen LogP contribution in [0.25, 0.3) is 0 Å².